The van der Waals surface area contributed by atoms with E-state index in [0.717, 1.165) is 38.8 Å². The number of hydrogen-bond donors (Lipinski definition) is 0. The van der Waals surface area contributed by atoms with Crippen LogP contribution in [0.25, 0.3) is 16.8 Å². The second-order valence-electron chi connectivity index (χ2n) is 10.7. The van der Waals surface area contributed by atoms with Gasteiger partial charge in [-0.3, -0.25) is 19.5 Å². The SMILES string of the molecule is CCOC(=O)C1=C(C)N=c2s/c(=C\c3cc(Br)c(OCc4cccc5ccccc45)c([N+](=O)[O-])c3)c(=O)n2[C@H]1c1ccc(C)cc1. The molecule has 0 N–H and O–H groups in total. The second-order valence-corrected chi connectivity index (χ2v) is 12.6. The predicted octanol–water partition coefficient (Wildman–Crippen LogP) is 6.51. The van der Waals surface area contributed by atoms with E-state index in [-0.39, 0.29) is 35.8 Å². The number of nitro groups is 1. The number of nitro benzene ring substituents is 1. The molecule has 11 heteroatoms. The lowest BCUT2D eigenvalue weighted by Crippen LogP contribution is -2.39. The highest BCUT2D eigenvalue weighted by atomic mass is 79.9. The molecule has 0 radical (unpaired) electrons. The second kappa shape index (κ2) is 12.9. The van der Waals surface area contributed by atoms with Gasteiger partial charge in [-0.15, -0.1) is 0 Å². The molecule has 6 rings (SSSR count). The molecule has 0 saturated heterocycles. The maximum absolute atomic E-state index is 14.0. The van der Waals surface area contributed by atoms with Gasteiger partial charge in [0.15, 0.2) is 4.80 Å². The van der Waals surface area contributed by atoms with Crippen molar-refractivity contribution in [3.8, 4) is 5.75 Å². The number of halogens is 1. The van der Waals surface area contributed by atoms with Crippen LogP contribution in [0.15, 0.2) is 104 Å². The topological polar surface area (TPSA) is 113 Å². The number of carbonyl (C=O) groups is 1. The zero-order chi connectivity index (χ0) is 32.5. The smallest absolute Gasteiger partial charge is 0.338 e. The molecule has 5 aromatic rings. The molecule has 1 aliphatic rings. The Morgan fingerprint density at radius 1 is 1.09 bits per heavy atom. The molecule has 0 saturated carbocycles. The van der Waals surface area contributed by atoms with E-state index in [0.29, 0.717) is 25.1 Å². The highest BCUT2D eigenvalue weighted by Gasteiger charge is 2.33. The van der Waals surface area contributed by atoms with Crippen LogP contribution in [0.2, 0.25) is 0 Å². The van der Waals surface area contributed by atoms with Gasteiger partial charge in [0.25, 0.3) is 5.56 Å². The lowest BCUT2D eigenvalue weighted by molar-refractivity contribution is -0.386. The van der Waals surface area contributed by atoms with E-state index in [9.17, 15) is 19.7 Å². The van der Waals surface area contributed by atoms with E-state index in [1.165, 1.54) is 10.6 Å². The van der Waals surface area contributed by atoms with Gasteiger partial charge < -0.3 is 9.47 Å². The number of esters is 1. The summed E-state index contributed by atoms with van der Waals surface area (Å²) in [4.78, 5) is 43.8. The molecule has 0 amide bonds. The Morgan fingerprint density at radius 3 is 2.57 bits per heavy atom. The summed E-state index contributed by atoms with van der Waals surface area (Å²) < 4.78 is 13.6. The summed E-state index contributed by atoms with van der Waals surface area (Å²) >= 11 is 4.61. The van der Waals surface area contributed by atoms with Crippen LogP contribution in [-0.4, -0.2) is 22.1 Å². The maximum Gasteiger partial charge on any atom is 0.338 e. The van der Waals surface area contributed by atoms with Gasteiger partial charge in [-0.05, 0) is 76.3 Å². The van der Waals surface area contributed by atoms with Gasteiger partial charge in [-0.2, -0.15) is 0 Å². The molecule has 0 bridgehead atoms. The largest absolute Gasteiger partial charge is 0.481 e. The van der Waals surface area contributed by atoms with Crippen molar-refractivity contribution < 1.29 is 19.2 Å². The van der Waals surface area contributed by atoms with E-state index in [2.05, 4.69) is 20.9 Å². The van der Waals surface area contributed by atoms with Crippen LogP contribution in [0.5, 0.6) is 5.75 Å². The first-order valence-corrected chi connectivity index (χ1v) is 16.1. The Labute approximate surface area is 276 Å². The number of thiazole rings is 1. The van der Waals surface area contributed by atoms with Crippen molar-refractivity contribution in [3.63, 3.8) is 0 Å². The van der Waals surface area contributed by atoms with Crippen LogP contribution in [-0.2, 0) is 16.1 Å². The van der Waals surface area contributed by atoms with Crippen LogP contribution >= 0.6 is 27.3 Å². The minimum Gasteiger partial charge on any atom is -0.481 e. The first-order valence-electron chi connectivity index (χ1n) is 14.5. The van der Waals surface area contributed by atoms with Crippen molar-refractivity contribution in [2.75, 3.05) is 6.61 Å². The predicted molar refractivity (Wildman–Crippen MR) is 181 cm³/mol. The first-order chi connectivity index (χ1) is 22.2. The van der Waals surface area contributed by atoms with Gasteiger partial charge in [0, 0.05) is 6.07 Å². The third kappa shape index (κ3) is 5.91. The standard InChI is InChI=1S/C35H28BrN3O6S/c1-4-44-34(41)30-21(3)37-35-38(31(30)24-14-12-20(2)13-15-24)33(40)29(46-35)18-22-16-27(36)32(28(17-22)39(42)43)45-19-25-10-7-9-23-8-5-6-11-26(23)25/h5-18,31H,4,19H2,1-3H3/b29-18-/t31-/m0/s1. The number of aryl methyl sites for hydroxylation is 1. The molecule has 46 heavy (non-hydrogen) atoms. The zero-order valence-electron chi connectivity index (χ0n) is 25.2. The molecular weight excluding hydrogens is 670 g/mol. The molecule has 2 heterocycles. The van der Waals surface area contributed by atoms with Crippen molar-refractivity contribution in [2.24, 2.45) is 4.99 Å². The molecule has 0 spiro atoms. The van der Waals surface area contributed by atoms with Gasteiger partial charge in [0.2, 0.25) is 5.75 Å². The number of rotatable bonds is 8. The van der Waals surface area contributed by atoms with Gasteiger partial charge in [0.05, 0.1) is 37.8 Å². The molecule has 9 nitrogen and oxygen atoms in total. The van der Waals surface area contributed by atoms with Crippen molar-refractivity contribution in [3.05, 3.63) is 147 Å². The molecule has 1 aromatic heterocycles. The molecule has 232 valence electrons. The lowest BCUT2D eigenvalue weighted by Gasteiger charge is -2.24. The number of ether oxygens (including phenoxy) is 2. The highest BCUT2D eigenvalue weighted by Crippen LogP contribution is 2.38. The average molecular weight is 699 g/mol. The van der Waals surface area contributed by atoms with Crippen molar-refractivity contribution in [2.45, 2.75) is 33.4 Å². The zero-order valence-corrected chi connectivity index (χ0v) is 27.6. The summed E-state index contributed by atoms with van der Waals surface area (Å²) in [6.07, 6.45) is 1.59. The van der Waals surface area contributed by atoms with E-state index in [1.54, 1.807) is 26.0 Å². The van der Waals surface area contributed by atoms with Gasteiger partial charge in [0.1, 0.15) is 6.61 Å². The molecular formula is C35H28BrN3O6S. The Kier molecular flexibility index (Phi) is 8.70. The number of fused-ring (bicyclic) bond motifs is 2. The fourth-order valence-electron chi connectivity index (χ4n) is 5.54. The Balaban J connectivity index is 1.42. The quantitative estimate of drug-likeness (QED) is 0.104. The van der Waals surface area contributed by atoms with Gasteiger partial charge in [-0.25, -0.2) is 9.79 Å². The highest BCUT2D eigenvalue weighted by molar-refractivity contribution is 9.10. The van der Waals surface area contributed by atoms with Crippen LogP contribution in [0, 0.1) is 17.0 Å². The average Bonchev–Trinajstić information content (AvgIpc) is 3.33. The fraction of sp³-hybridized carbons (Fsp3) is 0.171. The van der Waals surface area contributed by atoms with Crippen molar-refractivity contribution >= 4 is 55.8 Å². The van der Waals surface area contributed by atoms with E-state index < -0.39 is 16.9 Å². The molecule has 4 aromatic carbocycles. The van der Waals surface area contributed by atoms with Gasteiger partial charge >= 0.3 is 11.7 Å². The molecule has 1 atom stereocenters. The van der Waals surface area contributed by atoms with Gasteiger partial charge in [-0.1, -0.05) is 83.6 Å². The summed E-state index contributed by atoms with van der Waals surface area (Å²) in [6.45, 7) is 5.71. The summed E-state index contributed by atoms with van der Waals surface area (Å²) in [6, 6.07) is 23.6. The number of nitrogens with zero attached hydrogens (tertiary/aromatic N) is 3. The summed E-state index contributed by atoms with van der Waals surface area (Å²) in [5, 5.41) is 14.3. The maximum atomic E-state index is 14.0. The van der Waals surface area contributed by atoms with Crippen molar-refractivity contribution in [1.82, 2.24) is 4.57 Å². The minimum absolute atomic E-state index is 0.0885. The third-order valence-electron chi connectivity index (χ3n) is 7.70. The number of benzene rings is 4. The number of carbonyl (C=O) groups excluding carboxylic acids is 1. The van der Waals surface area contributed by atoms with Crippen LogP contribution < -0.4 is 19.6 Å². The summed E-state index contributed by atoms with van der Waals surface area (Å²) in [5.41, 5.74) is 3.22. The van der Waals surface area contributed by atoms with Crippen LogP contribution in [0.1, 0.15) is 42.1 Å². The lowest BCUT2D eigenvalue weighted by atomic mass is 9.95. The summed E-state index contributed by atoms with van der Waals surface area (Å²) in [7, 11) is 0. The molecule has 1 aliphatic heterocycles. The normalized spacial score (nSPS) is 14.6. The van der Waals surface area contributed by atoms with Crippen LogP contribution in [0.3, 0.4) is 0 Å². The summed E-state index contributed by atoms with van der Waals surface area (Å²) in [5.74, 6) is -0.451. The van der Waals surface area contributed by atoms with E-state index >= 15 is 0 Å². The molecule has 0 aliphatic carbocycles. The Morgan fingerprint density at radius 2 is 1.83 bits per heavy atom. The van der Waals surface area contributed by atoms with Crippen molar-refractivity contribution in [1.29, 1.82) is 0 Å². The number of allylic oxidation sites excluding steroid dienone is 1. The first kappa shape index (κ1) is 31.1. The molecule has 0 unspecified atom stereocenters. The molecule has 0 fully saturated rings. The minimum atomic E-state index is -0.746. The number of aromatic nitrogens is 1. The Bertz CT molecular complexity index is 2230. The third-order valence-corrected chi connectivity index (χ3v) is 9.27. The van der Waals surface area contributed by atoms with E-state index in [4.69, 9.17) is 9.47 Å². The number of hydrogen-bond acceptors (Lipinski definition) is 8. The van der Waals surface area contributed by atoms with E-state index in [1.807, 2.05) is 73.7 Å². The Hall–Kier alpha value is -4.87. The van der Waals surface area contributed by atoms with Crippen LogP contribution in [0.4, 0.5) is 5.69 Å². The monoisotopic (exact) mass is 697 g/mol. The fourth-order valence-corrected chi connectivity index (χ4v) is 7.16.